The van der Waals surface area contributed by atoms with E-state index in [2.05, 4.69) is 9.80 Å². The van der Waals surface area contributed by atoms with Crippen molar-refractivity contribution in [2.24, 2.45) is 5.73 Å². The Labute approximate surface area is 135 Å². The van der Waals surface area contributed by atoms with E-state index in [9.17, 15) is 14.6 Å². The summed E-state index contributed by atoms with van der Waals surface area (Å²) in [6, 6.07) is 6.30. The molecule has 2 fully saturated rings. The van der Waals surface area contributed by atoms with Crippen LogP contribution in [0, 0.1) is 5.82 Å². The first-order valence-electron chi connectivity index (χ1n) is 8.03. The molecule has 0 aliphatic carbocycles. The number of nitrogens with two attached hydrogens (primary N) is 1. The fourth-order valence-corrected chi connectivity index (χ4v) is 3.55. The summed E-state index contributed by atoms with van der Waals surface area (Å²) in [4.78, 5) is 4.37. The summed E-state index contributed by atoms with van der Waals surface area (Å²) in [7, 11) is 0. The Hall–Kier alpha value is -1.25. The Bertz CT molecular complexity index is 506. The van der Waals surface area contributed by atoms with Gasteiger partial charge in [-0.05, 0) is 24.3 Å². The number of hydrogen-bond donors (Lipinski definition) is 3. The lowest BCUT2D eigenvalue weighted by Crippen LogP contribution is -2.57. The molecule has 4 atom stereocenters. The van der Waals surface area contributed by atoms with Crippen molar-refractivity contribution in [3.05, 3.63) is 30.1 Å². The zero-order chi connectivity index (χ0) is 16.4. The minimum Gasteiger partial charge on any atom is -0.394 e. The van der Waals surface area contributed by atoms with Crippen molar-refractivity contribution < 1.29 is 19.3 Å². The van der Waals surface area contributed by atoms with Gasteiger partial charge < -0.3 is 25.6 Å². The zero-order valence-electron chi connectivity index (χ0n) is 13.0. The molecule has 128 valence electrons. The minimum atomic E-state index is -0.731. The van der Waals surface area contributed by atoms with E-state index in [0.717, 1.165) is 31.9 Å². The second kappa shape index (κ2) is 7.11. The van der Waals surface area contributed by atoms with Gasteiger partial charge >= 0.3 is 0 Å². The number of benzene rings is 1. The van der Waals surface area contributed by atoms with Crippen molar-refractivity contribution >= 4 is 5.69 Å². The van der Waals surface area contributed by atoms with Crippen LogP contribution in [0.4, 0.5) is 10.1 Å². The maximum atomic E-state index is 13.0. The Morgan fingerprint density at radius 1 is 1.13 bits per heavy atom. The molecule has 0 unspecified atom stereocenters. The standard InChI is InChI=1S/C16H24FN3O3/c17-11-1-3-12(4-2-11)19-5-7-20(8-6-19)15-13(9-18)23-14(10-21)16(15)22/h1-4,13-16,21-22H,5-10,18H2/t13-,14+,15-,16-/m1/s1. The summed E-state index contributed by atoms with van der Waals surface area (Å²) >= 11 is 0. The monoisotopic (exact) mass is 325 g/mol. The fourth-order valence-electron chi connectivity index (χ4n) is 3.55. The molecular formula is C16H24FN3O3. The first-order chi connectivity index (χ1) is 11.1. The van der Waals surface area contributed by atoms with Crippen LogP contribution < -0.4 is 10.6 Å². The lowest BCUT2D eigenvalue weighted by molar-refractivity contribution is -0.0193. The minimum absolute atomic E-state index is 0.187. The molecule has 7 heteroatoms. The third-order valence-electron chi connectivity index (χ3n) is 4.80. The van der Waals surface area contributed by atoms with Gasteiger partial charge in [-0.25, -0.2) is 4.39 Å². The Kier molecular flexibility index (Phi) is 5.13. The maximum Gasteiger partial charge on any atom is 0.123 e. The summed E-state index contributed by atoms with van der Waals surface area (Å²) in [6.07, 6.45) is -1.56. The number of nitrogens with zero attached hydrogens (tertiary/aromatic N) is 2. The van der Waals surface area contributed by atoms with E-state index < -0.39 is 12.2 Å². The molecule has 23 heavy (non-hydrogen) atoms. The highest BCUT2D eigenvalue weighted by molar-refractivity contribution is 5.46. The molecule has 1 aromatic rings. The van der Waals surface area contributed by atoms with E-state index in [4.69, 9.17) is 10.5 Å². The Morgan fingerprint density at radius 3 is 2.35 bits per heavy atom. The van der Waals surface area contributed by atoms with Crippen LogP contribution in [0.15, 0.2) is 24.3 Å². The molecule has 6 nitrogen and oxygen atoms in total. The SMILES string of the molecule is NC[C@H]1O[C@@H](CO)[C@@H](O)[C@@H]1N1CCN(c2ccc(F)cc2)CC1. The van der Waals surface area contributed by atoms with E-state index >= 15 is 0 Å². The molecule has 1 aromatic carbocycles. The summed E-state index contributed by atoms with van der Waals surface area (Å²) in [5.74, 6) is -0.237. The van der Waals surface area contributed by atoms with Gasteiger partial charge in [-0.2, -0.15) is 0 Å². The third kappa shape index (κ3) is 3.34. The largest absolute Gasteiger partial charge is 0.394 e. The van der Waals surface area contributed by atoms with Crippen LogP contribution in [-0.2, 0) is 4.74 Å². The van der Waals surface area contributed by atoms with Crippen molar-refractivity contribution in [1.29, 1.82) is 0 Å². The van der Waals surface area contributed by atoms with Crippen LogP contribution in [0.1, 0.15) is 0 Å². The topological polar surface area (TPSA) is 82.2 Å². The van der Waals surface area contributed by atoms with E-state index in [1.165, 1.54) is 12.1 Å². The molecule has 2 aliphatic heterocycles. The molecule has 2 saturated heterocycles. The highest BCUT2D eigenvalue weighted by Crippen LogP contribution is 2.27. The number of aliphatic hydroxyl groups excluding tert-OH is 2. The molecule has 0 amide bonds. The average molecular weight is 325 g/mol. The molecule has 0 saturated carbocycles. The third-order valence-corrected chi connectivity index (χ3v) is 4.80. The molecule has 0 radical (unpaired) electrons. The highest BCUT2D eigenvalue weighted by atomic mass is 19.1. The van der Waals surface area contributed by atoms with Gasteiger partial charge in [0.25, 0.3) is 0 Å². The van der Waals surface area contributed by atoms with Crippen molar-refractivity contribution in [3.63, 3.8) is 0 Å². The predicted octanol–water partition coefficient (Wildman–Crippen LogP) is -0.604. The highest BCUT2D eigenvalue weighted by Gasteiger charge is 2.46. The van der Waals surface area contributed by atoms with Crippen LogP contribution in [0.3, 0.4) is 0 Å². The molecule has 0 aromatic heterocycles. The lowest BCUT2D eigenvalue weighted by Gasteiger charge is -2.41. The number of rotatable bonds is 4. The molecule has 2 aliphatic rings. The average Bonchev–Trinajstić information content (AvgIpc) is 2.91. The van der Waals surface area contributed by atoms with Crippen LogP contribution in [0.25, 0.3) is 0 Å². The smallest absolute Gasteiger partial charge is 0.123 e. The molecule has 3 rings (SSSR count). The summed E-state index contributed by atoms with van der Waals surface area (Å²) in [5, 5.41) is 19.7. The van der Waals surface area contributed by atoms with Crippen LogP contribution >= 0.6 is 0 Å². The van der Waals surface area contributed by atoms with Gasteiger partial charge in [0.1, 0.15) is 18.0 Å². The number of hydrogen-bond acceptors (Lipinski definition) is 6. The van der Waals surface area contributed by atoms with E-state index in [0.29, 0.717) is 6.54 Å². The van der Waals surface area contributed by atoms with Gasteiger partial charge in [0.15, 0.2) is 0 Å². The van der Waals surface area contributed by atoms with Crippen molar-refractivity contribution in [2.75, 3.05) is 44.2 Å². The Morgan fingerprint density at radius 2 is 1.78 bits per heavy atom. The normalized spacial score (nSPS) is 32.4. The first-order valence-corrected chi connectivity index (χ1v) is 8.03. The maximum absolute atomic E-state index is 13.0. The molecular weight excluding hydrogens is 301 g/mol. The number of aliphatic hydroxyl groups is 2. The second-order valence-electron chi connectivity index (χ2n) is 6.11. The van der Waals surface area contributed by atoms with E-state index in [-0.39, 0.29) is 24.6 Å². The van der Waals surface area contributed by atoms with E-state index in [1.807, 2.05) is 0 Å². The van der Waals surface area contributed by atoms with Crippen molar-refractivity contribution in [1.82, 2.24) is 4.90 Å². The van der Waals surface area contributed by atoms with Crippen LogP contribution in [-0.4, -0.2) is 78.8 Å². The summed E-state index contributed by atoms with van der Waals surface area (Å²) in [5.41, 5.74) is 6.75. The zero-order valence-corrected chi connectivity index (χ0v) is 13.0. The number of halogens is 1. The molecule has 2 heterocycles. The van der Waals surface area contributed by atoms with Crippen molar-refractivity contribution in [2.45, 2.75) is 24.4 Å². The first kappa shape index (κ1) is 16.6. The Balaban J connectivity index is 1.63. The van der Waals surface area contributed by atoms with Gasteiger partial charge in [0, 0.05) is 38.4 Å². The van der Waals surface area contributed by atoms with Gasteiger partial charge in [-0.15, -0.1) is 0 Å². The molecule has 0 bridgehead atoms. The van der Waals surface area contributed by atoms with Crippen LogP contribution in [0.5, 0.6) is 0 Å². The summed E-state index contributed by atoms with van der Waals surface area (Å²) < 4.78 is 18.7. The predicted molar refractivity (Wildman–Crippen MR) is 84.8 cm³/mol. The summed E-state index contributed by atoms with van der Waals surface area (Å²) in [6.45, 7) is 3.21. The lowest BCUT2D eigenvalue weighted by atomic mass is 10.0. The van der Waals surface area contributed by atoms with Gasteiger partial charge in [-0.1, -0.05) is 0 Å². The number of anilines is 1. The number of ether oxygens (including phenoxy) is 1. The number of piperazine rings is 1. The molecule has 4 N–H and O–H groups in total. The van der Waals surface area contributed by atoms with E-state index in [1.54, 1.807) is 12.1 Å². The van der Waals surface area contributed by atoms with Gasteiger partial charge in [0.2, 0.25) is 0 Å². The second-order valence-corrected chi connectivity index (χ2v) is 6.11. The fraction of sp³-hybridized carbons (Fsp3) is 0.625. The van der Waals surface area contributed by atoms with Gasteiger partial charge in [0.05, 0.1) is 18.8 Å². The van der Waals surface area contributed by atoms with Crippen LogP contribution in [0.2, 0.25) is 0 Å². The van der Waals surface area contributed by atoms with Crippen molar-refractivity contribution in [3.8, 4) is 0 Å². The quantitative estimate of drug-likeness (QED) is 0.686. The van der Waals surface area contributed by atoms with Gasteiger partial charge in [-0.3, -0.25) is 4.90 Å². The molecule has 0 spiro atoms.